The van der Waals surface area contributed by atoms with Crippen molar-refractivity contribution >= 4 is 53.2 Å². The van der Waals surface area contributed by atoms with Crippen LogP contribution < -0.4 is 54.0 Å². The van der Waals surface area contributed by atoms with E-state index >= 15 is 0 Å². The number of H-pyrrole nitrogens is 2. The number of phenols is 1. The van der Waals surface area contributed by atoms with Crippen LogP contribution in [-0.2, 0) is 75.3 Å². The normalized spacial score (nSPS) is 14.5. The Kier molecular flexibility index (Phi) is 26.9. The second-order valence-corrected chi connectivity index (χ2v) is 22.5. The number of amides is 8. The molecule has 464 valence electrons. The van der Waals surface area contributed by atoms with Crippen LogP contribution in [0.3, 0.4) is 0 Å². The molecule has 5 rings (SSSR count). The van der Waals surface area contributed by atoms with Gasteiger partial charge in [-0.2, -0.15) is 0 Å². The molecule has 8 amide bonds. The lowest BCUT2D eigenvalue weighted by molar-refractivity contribution is -0.143. The predicted octanol–water partition coefficient (Wildman–Crippen LogP) is 1.13. The number of nitrogens with zero attached hydrogens (tertiary/aromatic N) is 2. The van der Waals surface area contributed by atoms with Gasteiger partial charge in [-0.25, -0.2) is 14.8 Å². The first kappa shape index (κ1) is 67.8. The van der Waals surface area contributed by atoms with Crippen LogP contribution in [0.5, 0.6) is 5.75 Å². The zero-order valence-electron chi connectivity index (χ0n) is 49.5. The molecule has 25 nitrogen and oxygen atoms in total. The van der Waals surface area contributed by atoms with Crippen molar-refractivity contribution in [1.29, 1.82) is 0 Å². The number of nitrogens with one attached hydrogen (secondary N) is 10. The molecule has 0 fully saturated rings. The van der Waals surface area contributed by atoms with Crippen LogP contribution in [0.15, 0.2) is 110 Å². The highest BCUT2D eigenvalue weighted by Gasteiger charge is 2.37. The van der Waals surface area contributed by atoms with Gasteiger partial charge in [-0.1, -0.05) is 114 Å². The molecule has 9 unspecified atom stereocenters. The van der Waals surface area contributed by atoms with Crippen LogP contribution in [0, 0.1) is 17.8 Å². The molecule has 0 saturated carbocycles. The number of imidazole rings is 2. The van der Waals surface area contributed by atoms with E-state index in [0.29, 0.717) is 35.4 Å². The number of carboxylic acids is 1. The predicted molar refractivity (Wildman–Crippen MR) is 320 cm³/mol. The summed E-state index contributed by atoms with van der Waals surface area (Å²) in [5, 5.41) is 41.7. The molecule has 5 aromatic rings. The molecular weight excluding hydrogens is 1100 g/mol. The summed E-state index contributed by atoms with van der Waals surface area (Å²) >= 11 is 0. The summed E-state index contributed by atoms with van der Waals surface area (Å²) in [6.07, 6.45) is 6.47. The van der Waals surface area contributed by atoms with Crippen molar-refractivity contribution < 1.29 is 53.4 Å². The van der Waals surface area contributed by atoms with E-state index in [1.165, 1.54) is 49.3 Å². The number of rotatable bonds is 35. The molecular formula is C61H84N14O11. The van der Waals surface area contributed by atoms with Crippen LogP contribution in [0.25, 0.3) is 0 Å². The number of benzene rings is 3. The van der Waals surface area contributed by atoms with Crippen LogP contribution in [-0.4, -0.2) is 144 Å². The van der Waals surface area contributed by atoms with E-state index in [1.807, 2.05) is 44.2 Å². The van der Waals surface area contributed by atoms with Gasteiger partial charge in [0, 0.05) is 49.5 Å². The number of aromatic amines is 2. The van der Waals surface area contributed by atoms with Crippen LogP contribution in [0.4, 0.5) is 0 Å². The molecule has 0 aliphatic rings. The lowest BCUT2D eigenvalue weighted by atomic mass is 9.99. The minimum atomic E-state index is -1.43. The summed E-state index contributed by atoms with van der Waals surface area (Å²) in [7, 11) is 0. The molecule has 3 aromatic carbocycles. The summed E-state index contributed by atoms with van der Waals surface area (Å²) in [6.45, 7) is 10.6. The highest BCUT2D eigenvalue weighted by Crippen LogP contribution is 2.16. The van der Waals surface area contributed by atoms with Crippen LogP contribution in [0.1, 0.15) is 95.3 Å². The van der Waals surface area contributed by atoms with Crippen molar-refractivity contribution in [3.8, 4) is 5.75 Å². The number of aromatic nitrogens is 4. The quantitative estimate of drug-likeness (QED) is 0.0253. The fourth-order valence-electron chi connectivity index (χ4n) is 9.40. The summed E-state index contributed by atoms with van der Waals surface area (Å²) in [5.74, 6) is -8.64. The smallest absolute Gasteiger partial charge is 0.326 e. The molecule has 0 aliphatic heterocycles. The van der Waals surface area contributed by atoms with E-state index in [0.717, 1.165) is 5.56 Å². The van der Waals surface area contributed by atoms with E-state index in [1.54, 1.807) is 58.0 Å². The van der Waals surface area contributed by atoms with Crippen molar-refractivity contribution in [1.82, 2.24) is 62.5 Å². The number of aliphatic carboxylic acids is 1. The number of hydrogen-bond acceptors (Lipinski definition) is 14. The minimum absolute atomic E-state index is 0.0478. The van der Waals surface area contributed by atoms with Gasteiger partial charge in [0.1, 0.15) is 54.1 Å². The maximum atomic E-state index is 14.7. The third-order valence-corrected chi connectivity index (χ3v) is 14.2. The molecule has 2 heterocycles. The third-order valence-electron chi connectivity index (χ3n) is 14.2. The minimum Gasteiger partial charge on any atom is -0.508 e. The largest absolute Gasteiger partial charge is 0.508 e. The molecule has 25 heteroatoms. The Bertz CT molecular complexity index is 2960. The molecule has 0 radical (unpaired) electrons. The molecule has 9 atom stereocenters. The Morgan fingerprint density at radius 1 is 0.465 bits per heavy atom. The first-order valence-corrected chi connectivity index (χ1v) is 28.9. The zero-order chi connectivity index (χ0) is 62.9. The average molecular weight is 1190 g/mol. The van der Waals surface area contributed by atoms with Gasteiger partial charge >= 0.3 is 5.97 Å². The van der Waals surface area contributed by atoms with Crippen molar-refractivity contribution in [3.05, 3.63) is 138 Å². The molecule has 0 spiro atoms. The van der Waals surface area contributed by atoms with Crippen LogP contribution >= 0.6 is 0 Å². The maximum Gasteiger partial charge on any atom is 0.326 e. The Morgan fingerprint density at radius 3 is 1.30 bits per heavy atom. The second kappa shape index (κ2) is 34.1. The summed E-state index contributed by atoms with van der Waals surface area (Å²) in [5.41, 5.74) is 15.0. The molecule has 86 heavy (non-hydrogen) atoms. The zero-order valence-corrected chi connectivity index (χ0v) is 49.5. The number of aromatic hydroxyl groups is 1. The highest BCUT2D eigenvalue weighted by molar-refractivity contribution is 5.98. The number of carbonyl (C=O) groups is 9. The van der Waals surface area contributed by atoms with E-state index in [2.05, 4.69) is 62.5 Å². The van der Waals surface area contributed by atoms with Crippen molar-refractivity contribution in [2.75, 3.05) is 6.54 Å². The first-order valence-electron chi connectivity index (χ1n) is 28.9. The number of hydrogen-bond donors (Lipinski definition) is 14. The van der Waals surface area contributed by atoms with E-state index < -0.39 is 119 Å². The fourth-order valence-corrected chi connectivity index (χ4v) is 9.40. The average Bonchev–Trinajstić information content (AvgIpc) is 4.35. The van der Waals surface area contributed by atoms with E-state index in [9.17, 15) is 53.4 Å². The lowest BCUT2D eigenvalue weighted by Gasteiger charge is -2.29. The molecule has 0 bridgehead atoms. The maximum absolute atomic E-state index is 14.7. The van der Waals surface area contributed by atoms with E-state index in [4.69, 9.17) is 11.5 Å². The van der Waals surface area contributed by atoms with Crippen LogP contribution in [0.2, 0.25) is 0 Å². The van der Waals surface area contributed by atoms with Crippen molar-refractivity contribution in [3.63, 3.8) is 0 Å². The number of carbonyl (C=O) groups excluding carboxylic acids is 8. The monoisotopic (exact) mass is 1190 g/mol. The van der Waals surface area contributed by atoms with E-state index in [-0.39, 0.29) is 63.2 Å². The molecule has 16 N–H and O–H groups in total. The highest BCUT2D eigenvalue weighted by atomic mass is 16.4. The topological polar surface area (TPSA) is 400 Å². The molecule has 2 aromatic heterocycles. The summed E-state index contributed by atoms with van der Waals surface area (Å²) < 4.78 is 0. The lowest BCUT2D eigenvalue weighted by Crippen LogP contribution is -2.62. The number of nitrogens with two attached hydrogens (primary N) is 2. The first-order chi connectivity index (χ1) is 41.0. The Labute approximate surface area is 500 Å². The van der Waals surface area contributed by atoms with Gasteiger partial charge in [0.2, 0.25) is 47.3 Å². The summed E-state index contributed by atoms with van der Waals surface area (Å²) in [4.78, 5) is 141. The Morgan fingerprint density at radius 2 is 0.860 bits per heavy atom. The third kappa shape index (κ3) is 22.2. The molecule has 0 aliphatic carbocycles. The fraction of sp³-hybridized carbons (Fsp3) is 0.459. The van der Waals surface area contributed by atoms with Gasteiger partial charge in [0.05, 0.1) is 18.7 Å². The number of phenolic OH excluding ortho intramolecular Hbond substituents is 1. The number of unbranched alkanes of at least 4 members (excludes halogenated alkanes) is 1. The van der Waals surface area contributed by atoms with Gasteiger partial charge in [-0.15, -0.1) is 0 Å². The number of carboxylic acid groups (broad SMARTS) is 1. The van der Waals surface area contributed by atoms with Gasteiger partial charge in [0.25, 0.3) is 0 Å². The van der Waals surface area contributed by atoms with Crippen molar-refractivity contribution in [2.45, 2.75) is 154 Å². The molecule has 0 saturated heterocycles. The standard InChI is InChI=1S/C61H84N14O11/c1-35(2)25-46(69-53(77)44(63)26-38-15-9-7-10-16-38)55(79)72-49(29-41-31-64-33-66-41)57(81)68-45(19-13-14-24-62)54(78)74-51(36(3)4)60(84)73-50(30-42-32-65-34-67-42)58(82)70-47(27-39-17-11-8-12-18-39)56(80)71-48(28-40-20-22-43(76)23-21-40)59(83)75-52(37(5)6)61(85)86/h7-12,15-18,20-23,31-37,44-52,76H,13-14,19,24-30,62-63H2,1-6H3,(H,64,66)(H,65,67)(H,68,81)(H,69,77)(H,70,82)(H,71,80)(H,72,79)(H,73,84)(H,74,78)(H,75,83)(H,85,86). The van der Waals surface area contributed by atoms with Gasteiger partial charge in [0.15, 0.2) is 0 Å². The van der Waals surface area contributed by atoms with Gasteiger partial charge in [-0.05, 0) is 85.2 Å². The van der Waals surface area contributed by atoms with Crippen molar-refractivity contribution in [2.24, 2.45) is 29.2 Å². The summed E-state index contributed by atoms with van der Waals surface area (Å²) in [6, 6.07) is 12.2. The van der Waals surface area contributed by atoms with Gasteiger partial charge in [-0.3, -0.25) is 38.4 Å². The Balaban J connectivity index is 1.38. The SMILES string of the molecule is CC(C)CC(NC(=O)C(N)Cc1ccccc1)C(=O)NC(Cc1cnc[nH]1)C(=O)NC(CCCCN)C(=O)NC(C(=O)NC(Cc1cnc[nH]1)C(=O)NC(Cc1ccccc1)C(=O)NC(Cc1ccc(O)cc1)C(=O)NC(C(=O)O)C(C)C)C(C)C. The van der Waals surface area contributed by atoms with Gasteiger partial charge < -0.3 is 74.2 Å². The second-order valence-electron chi connectivity index (χ2n) is 22.5. The Hall–Kier alpha value is -8.97.